The van der Waals surface area contributed by atoms with Crippen LogP contribution in [0.2, 0.25) is 0 Å². The van der Waals surface area contributed by atoms with Crippen LogP contribution in [0.1, 0.15) is 35.5 Å². The monoisotopic (exact) mass is 471 g/mol. The predicted octanol–water partition coefficient (Wildman–Crippen LogP) is 3.10. The van der Waals surface area contributed by atoms with Gasteiger partial charge in [-0.25, -0.2) is 9.78 Å². The number of hydrogen-bond acceptors (Lipinski definition) is 7. The fraction of sp³-hybridized carbons (Fsp3) is 0.524. The van der Waals surface area contributed by atoms with Gasteiger partial charge >= 0.3 is 12.1 Å². The molecule has 2 atom stereocenters. The fourth-order valence-electron chi connectivity index (χ4n) is 3.95. The van der Waals surface area contributed by atoms with Gasteiger partial charge in [-0.2, -0.15) is 13.2 Å². The highest BCUT2D eigenvalue weighted by Crippen LogP contribution is 2.41. The third-order valence-electron chi connectivity index (χ3n) is 5.51. The van der Waals surface area contributed by atoms with Crippen molar-refractivity contribution >= 4 is 11.9 Å². The topological polar surface area (TPSA) is 115 Å². The Morgan fingerprint density at radius 2 is 2.12 bits per heavy atom. The molecule has 33 heavy (non-hydrogen) atoms. The van der Waals surface area contributed by atoms with Crippen LogP contribution >= 0.6 is 0 Å². The van der Waals surface area contributed by atoms with E-state index in [1.54, 1.807) is 19.2 Å². The first-order chi connectivity index (χ1) is 15.6. The molecule has 2 aliphatic heterocycles. The Morgan fingerprint density at radius 3 is 2.73 bits per heavy atom. The van der Waals surface area contributed by atoms with Crippen molar-refractivity contribution in [1.82, 2.24) is 15.0 Å². The maximum Gasteiger partial charge on any atom is 0.490 e. The van der Waals surface area contributed by atoms with Gasteiger partial charge in [-0.05, 0) is 32.3 Å². The SMILES string of the molecule is Cc1cc(C(=O)N2CCC3OCCCC3(COc3ccccn3)C2)no1.O=C(O)C(F)(F)F. The van der Waals surface area contributed by atoms with Crippen LogP contribution in [0.3, 0.4) is 0 Å². The Labute approximate surface area is 187 Å². The smallest absolute Gasteiger partial charge is 0.477 e. The second-order valence-corrected chi connectivity index (χ2v) is 7.92. The van der Waals surface area contributed by atoms with Gasteiger partial charge in [0.05, 0.1) is 12.7 Å². The van der Waals surface area contributed by atoms with Gasteiger partial charge in [0.15, 0.2) is 5.69 Å². The number of carbonyl (C=O) groups excluding carboxylic acids is 1. The van der Waals surface area contributed by atoms with E-state index in [2.05, 4.69) is 10.1 Å². The highest BCUT2D eigenvalue weighted by molar-refractivity contribution is 5.92. The second kappa shape index (κ2) is 10.2. The minimum Gasteiger partial charge on any atom is -0.477 e. The number of carboxylic acid groups (broad SMARTS) is 1. The van der Waals surface area contributed by atoms with E-state index >= 15 is 0 Å². The summed E-state index contributed by atoms with van der Waals surface area (Å²) in [6.07, 6.45) is -0.540. The summed E-state index contributed by atoms with van der Waals surface area (Å²) < 4.78 is 48.8. The van der Waals surface area contributed by atoms with E-state index in [1.165, 1.54) is 0 Å². The highest BCUT2D eigenvalue weighted by Gasteiger charge is 2.48. The molecule has 2 aliphatic rings. The van der Waals surface area contributed by atoms with E-state index < -0.39 is 12.1 Å². The predicted molar refractivity (Wildman–Crippen MR) is 107 cm³/mol. The third-order valence-corrected chi connectivity index (χ3v) is 5.51. The van der Waals surface area contributed by atoms with Crippen LogP contribution in [0.5, 0.6) is 5.88 Å². The number of amides is 1. The van der Waals surface area contributed by atoms with Crippen LogP contribution in [0.15, 0.2) is 35.0 Å². The molecule has 4 heterocycles. The number of halogens is 3. The molecule has 2 aromatic heterocycles. The first-order valence-corrected chi connectivity index (χ1v) is 10.3. The summed E-state index contributed by atoms with van der Waals surface area (Å²) in [5.41, 5.74) is 0.140. The van der Waals surface area contributed by atoms with Gasteiger partial charge in [0, 0.05) is 43.4 Å². The minimum atomic E-state index is -5.08. The van der Waals surface area contributed by atoms with Gasteiger partial charge in [0.2, 0.25) is 5.88 Å². The van der Waals surface area contributed by atoms with Crippen LogP contribution in [-0.2, 0) is 9.53 Å². The molecule has 0 spiro atoms. The molecular weight excluding hydrogens is 447 g/mol. The Hall–Kier alpha value is -3.15. The minimum absolute atomic E-state index is 0.0944. The number of rotatable bonds is 4. The molecule has 1 amide bonds. The van der Waals surface area contributed by atoms with Crippen molar-refractivity contribution in [2.24, 2.45) is 5.41 Å². The van der Waals surface area contributed by atoms with Crippen molar-refractivity contribution in [3.8, 4) is 5.88 Å². The van der Waals surface area contributed by atoms with E-state index in [0.29, 0.717) is 37.0 Å². The lowest BCUT2D eigenvalue weighted by molar-refractivity contribution is -0.192. The number of fused-ring (bicyclic) bond motifs is 1. The molecular formula is C21H24F3N3O6. The number of pyridine rings is 1. The maximum absolute atomic E-state index is 12.8. The average molecular weight is 471 g/mol. The molecule has 1 N–H and O–H groups in total. The summed E-state index contributed by atoms with van der Waals surface area (Å²) in [4.78, 5) is 27.8. The lowest BCUT2D eigenvalue weighted by Crippen LogP contribution is -2.58. The number of carbonyl (C=O) groups is 2. The third kappa shape index (κ3) is 6.21. The van der Waals surface area contributed by atoms with Crippen molar-refractivity contribution in [3.05, 3.63) is 41.9 Å². The number of aryl methyl sites for hydroxylation is 1. The fourth-order valence-corrected chi connectivity index (χ4v) is 3.95. The van der Waals surface area contributed by atoms with Gasteiger partial charge in [-0.1, -0.05) is 11.2 Å². The number of aliphatic carboxylic acids is 1. The Bertz CT molecular complexity index is 952. The van der Waals surface area contributed by atoms with Crippen LogP contribution < -0.4 is 4.74 Å². The lowest BCUT2D eigenvalue weighted by Gasteiger charge is -2.49. The molecule has 12 heteroatoms. The van der Waals surface area contributed by atoms with E-state index in [9.17, 15) is 18.0 Å². The van der Waals surface area contributed by atoms with E-state index in [-0.39, 0.29) is 17.4 Å². The Kier molecular flexibility index (Phi) is 7.57. The quantitative estimate of drug-likeness (QED) is 0.724. The van der Waals surface area contributed by atoms with Gasteiger partial charge in [0.25, 0.3) is 5.91 Å². The number of carboxylic acids is 1. The standard InChI is InChI=1S/C19H23N3O4.C2HF3O2/c1-14-11-15(21-26-14)18(23)22-9-6-16-19(12-22,7-4-10-24-16)13-25-17-5-2-3-8-20-17;3-2(4,5)1(6)7/h2-3,5,8,11,16H,4,6-7,9-10,12-13H2,1H3;(H,6,7). The summed E-state index contributed by atoms with van der Waals surface area (Å²) >= 11 is 0. The van der Waals surface area contributed by atoms with Crippen LogP contribution in [-0.4, -0.2) is 70.6 Å². The summed E-state index contributed by atoms with van der Waals surface area (Å²) in [7, 11) is 0. The molecule has 0 aromatic carbocycles. The zero-order valence-corrected chi connectivity index (χ0v) is 17.9. The van der Waals surface area contributed by atoms with E-state index in [1.807, 2.05) is 23.1 Å². The molecule has 0 aliphatic carbocycles. The summed E-state index contributed by atoms with van der Waals surface area (Å²) in [5.74, 6) is -1.62. The first kappa shape index (κ1) is 24.5. The highest BCUT2D eigenvalue weighted by atomic mass is 19.4. The number of aromatic nitrogens is 2. The lowest BCUT2D eigenvalue weighted by atomic mass is 9.73. The van der Waals surface area contributed by atoms with Crippen molar-refractivity contribution in [2.75, 3.05) is 26.3 Å². The summed E-state index contributed by atoms with van der Waals surface area (Å²) in [6.45, 7) is 4.28. The molecule has 0 saturated carbocycles. The van der Waals surface area contributed by atoms with Gasteiger partial charge in [-0.3, -0.25) is 4.79 Å². The molecule has 2 fully saturated rings. The first-order valence-electron chi connectivity index (χ1n) is 10.3. The molecule has 2 unspecified atom stereocenters. The summed E-state index contributed by atoms with van der Waals surface area (Å²) in [6, 6.07) is 7.29. The summed E-state index contributed by atoms with van der Waals surface area (Å²) in [5, 5.41) is 11.0. The maximum atomic E-state index is 12.8. The zero-order valence-electron chi connectivity index (χ0n) is 17.9. The van der Waals surface area contributed by atoms with Crippen molar-refractivity contribution in [3.63, 3.8) is 0 Å². The van der Waals surface area contributed by atoms with Crippen LogP contribution in [0, 0.1) is 12.3 Å². The molecule has 0 bridgehead atoms. The number of ether oxygens (including phenoxy) is 2. The molecule has 4 rings (SSSR count). The second-order valence-electron chi connectivity index (χ2n) is 7.92. The number of alkyl halides is 3. The normalized spacial score (nSPS) is 22.5. The van der Waals surface area contributed by atoms with Gasteiger partial charge in [-0.15, -0.1) is 0 Å². The molecule has 2 aromatic rings. The van der Waals surface area contributed by atoms with Crippen molar-refractivity contribution in [2.45, 2.75) is 38.5 Å². The average Bonchev–Trinajstić information content (AvgIpc) is 3.23. The van der Waals surface area contributed by atoms with Crippen LogP contribution in [0.4, 0.5) is 13.2 Å². The van der Waals surface area contributed by atoms with Crippen LogP contribution in [0.25, 0.3) is 0 Å². The zero-order chi connectivity index (χ0) is 24.1. The Balaban J connectivity index is 0.000000383. The van der Waals surface area contributed by atoms with Crippen molar-refractivity contribution < 1.29 is 41.9 Å². The van der Waals surface area contributed by atoms with E-state index in [0.717, 1.165) is 25.9 Å². The van der Waals surface area contributed by atoms with Gasteiger partial charge < -0.3 is 24.0 Å². The number of likely N-dealkylation sites (tertiary alicyclic amines) is 1. The molecule has 9 nitrogen and oxygen atoms in total. The molecule has 180 valence electrons. The molecule has 2 saturated heterocycles. The Morgan fingerprint density at radius 1 is 1.36 bits per heavy atom. The number of hydrogen-bond donors (Lipinski definition) is 1. The number of piperidine rings is 1. The van der Waals surface area contributed by atoms with Crippen molar-refractivity contribution in [1.29, 1.82) is 0 Å². The number of nitrogens with zero attached hydrogens (tertiary/aromatic N) is 3. The van der Waals surface area contributed by atoms with E-state index in [4.69, 9.17) is 23.9 Å². The van der Waals surface area contributed by atoms with Gasteiger partial charge in [0.1, 0.15) is 5.76 Å². The molecule has 0 radical (unpaired) electrons. The largest absolute Gasteiger partial charge is 0.490 e.